The molecule has 0 spiro atoms. The predicted molar refractivity (Wildman–Crippen MR) is 56.8 cm³/mol. The lowest BCUT2D eigenvalue weighted by molar-refractivity contribution is -0.135. The van der Waals surface area contributed by atoms with Crippen molar-refractivity contribution in [2.75, 3.05) is 7.11 Å². The summed E-state index contributed by atoms with van der Waals surface area (Å²) >= 11 is 0. The van der Waals surface area contributed by atoms with Crippen LogP contribution in [0.3, 0.4) is 0 Å². The topological polar surface area (TPSA) is 63.6 Å². The number of hydrogen-bond acceptors (Lipinski definition) is 3. The lowest BCUT2D eigenvalue weighted by atomic mass is 10.1. The lowest BCUT2D eigenvalue weighted by Gasteiger charge is -2.00. The molecule has 0 aromatic heterocycles. The first-order chi connectivity index (χ1) is 6.63. The van der Waals surface area contributed by atoms with Crippen LogP contribution in [0.2, 0.25) is 0 Å². The average molecular weight is 231 g/mol. The minimum atomic E-state index is -1.12. The van der Waals surface area contributed by atoms with E-state index in [-0.39, 0.29) is 12.4 Å². The number of rotatable bonds is 4. The maximum absolute atomic E-state index is 11.2. The molecule has 0 aliphatic heterocycles. The first-order valence-electron chi connectivity index (χ1n) is 4.02. The summed E-state index contributed by atoms with van der Waals surface area (Å²) in [6.45, 7) is 0. The number of aliphatic carboxylic acids is 1. The number of Topliss-reactive ketones (excluding diaryl/α,β-unsaturated/α-hetero) is 1. The van der Waals surface area contributed by atoms with Crippen molar-refractivity contribution in [3.8, 4) is 5.75 Å². The van der Waals surface area contributed by atoms with Crippen LogP contribution in [-0.4, -0.2) is 24.0 Å². The second-order valence-corrected chi connectivity index (χ2v) is 2.72. The van der Waals surface area contributed by atoms with E-state index in [0.717, 1.165) is 0 Å². The van der Waals surface area contributed by atoms with Gasteiger partial charge in [0.2, 0.25) is 0 Å². The third-order valence-electron chi connectivity index (χ3n) is 1.72. The summed E-state index contributed by atoms with van der Waals surface area (Å²) < 4.78 is 4.90. The molecule has 0 amide bonds. The highest BCUT2D eigenvalue weighted by atomic mass is 35.5. The molecular weight excluding hydrogens is 220 g/mol. The fourth-order valence-electron chi connectivity index (χ4n) is 1.02. The fourth-order valence-corrected chi connectivity index (χ4v) is 1.02. The molecule has 0 heterocycles. The van der Waals surface area contributed by atoms with Crippen LogP contribution in [0.25, 0.3) is 0 Å². The quantitative estimate of drug-likeness (QED) is 0.633. The van der Waals surface area contributed by atoms with E-state index in [2.05, 4.69) is 0 Å². The van der Waals surface area contributed by atoms with Crippen LogP contribution in [0.5, 0.6) is 5.75 Å². The summed E-state index contributed by atoms with van der Waals surface area (Å²) in [5.74, 6) is -0.886. The van der Waals surface area contributed by atoms with Crippen LogP contribution in [0.15, 0.2) is 24.3 Å². The summed E-state index contributed by atoms with van der Waals surface area (Å²) in [5.41, 5.74) is 0.383. The van der Waals surface area contributed by atoms with Gasteiger partial charge in [0.1, 0.15) is 12.2 Å². The van der Waals surface area contributed by atoms with Crippen molar-refractivity contribution in [1.82, 2.24) is 0 Å². The van der Waals surface area contributed by atoms with Gasteiger partial charge in [0, 0.05) is 5.56 Å². The molecule has 1 aromatic rings. The lowest BCUT2D eigenvalue weighted by Crippen LogP contribution is -2.06. The van der Waals surface area contributed by atoms with Gasteiger partial charge in [0.25, 0.3) is 0 Å². The number of carbonyl (C=O) groups excluding carboxylic acids is 1. The number of hydrogen-bond donors (Lipinski definition) is 1. The van der Waals surface area contributed by atoms with E-state index in [4.69, 9.17) is 9.84 Å². The highest BCUT2D eigenvalue weighted by Gasteiger charge is 2.09. The third-order valence-corrected chi connectivity index (χ3v) is 1.72. The molecule has 82 valence electrons. The second-order valence-electron chi connectivity index (χ2n) is 2.72. The van der Waals surface area contributed by atoms with Crippen LogP contribution in [0.4, 0.5) is 0 Å². The zero-order chi connectivity index (χ0) is 10.6. The Kier molecular flexibility index (Phi) is 5.41. The maximum Gasteiger partial charge on any atom is 0.311 e. The summed E-state index contributed by atoms with van der Waals surface area (Å²) in [7, 11) is 1.52. The van der Waals surface area contributed by atoms with Gasteiger partial charge >= 0.3 is 5.97 Å². The van der Waals surface area contributed by atoms with Gasteiger partial charge < -0.3 is 9.84 Å². The zero-order valence-corrected chi connectivity index (χ0v) is 8.91. The average Bonchev–Trinajstić information content (AvgIpc) is 2.17. The largest absolute Gasteiger partial charge is 0.497 e. The minimum Gasteiger partial charge on any atom is -0.497 e. The molecule has 0 bridgehead atoms. The summed E-state index contributed by atoms with van der Waals surface area (Å²) in [4.78, 5) is 21.5. The summed E-state index contributed by atoms with van der Waals surface area (Å²) in [5, 5.41) is 8.40. The number of ketones is 1. The zero-order valence-electron chi connectivity index (χ0n) is 8.10. The van der Waals surface area contributed by atoms with Gasteiger partial charge in [-0.15, -0.1) is 12.4 Å². The van der Waals surface area contributed by atoms with E-state index in [1.807, 2.05) is 0 Å². The van der Waals surface area contributed by atoms with Crippen LogP contribution >= 0.6 is 12.4 Å². The molecule has 0 saturated carbocycles. The van der Waals surface area contributed by atoms with Gasteiger partial charge in [-0.1, -0.05) is 0 Å². The molecule has 0 aliphatic carbocycles. The standard InChI is InChI=1S/C10H10O4.ClH/c1-14-8-4-2-7(3-5-8)9(11)6-10(12)13;/h2-5H,6H2,1H3,(H,12,13);1H. The Hall–Kier alpha value is -1.55. The van der Waals surface area contributed by atoms with E-state index < -0.39 is 18.2 Å². The van der Waals surface area contributed by atoms with Crippen molar-refractivity contribution in [3.05, 3.63) is 29.8 Å². The van der Waals surface area contributed by atoms with E-state index in [1.165, 1.54) is 7.11 Å². The SMILES string of the molecule is COc1ccc(C(=O)CC(=O)O)cc1.Cl. The fraction of sp³-hybridized carbons (Fsp3) is 0.200. The van der Waals surface area contributed by atoms with Gasteiger partial charge in [-0.2, -0.15) is 0 Å². The Morgan fingerprint density at radius 2 is 1.80 bits per heavy atom. The highest BCUT2D eigenvalue weighted by Crippen LogP contribution is 2.12. The molecule has 5 heteroatoms. The van der Waals surface area contributed by atoms with Crippen LogP contribution < -0.4 is 4.74 Å². The minimum absolute atomic E-state index is 0. The van der Waals surface area contributed by atoms with Gasteiger partial charge in [-0.3, -0.25) is 9.59 Å². The highest BCUT2D eigenvalue weighted by molar-refractivity contribution is 6.05. The van der Waals surface area contributed by atoms with Crippen molar-refractivity contribution < 1.29 is 19.4 Å². The Bertz CT molecular complexity index is 345. The number of methoxy groups -OCH3 is 1. The van der Waals surface area contributed by atoms with Gasteiger partial charge in [0.05, 0.1) is 7.11 Å². The van der Waals surface area contributed by atoms with Gasteiger partial charge in [0.15, 0.2) is 5.78 Å². The smallest absolute Gasteiger partial charge is 0.311 e. The molecule has 0 fully saturated rings. The van der Waals surface area contributed by atoms with Crippen molar-refractivity contribution >= 4 is 24.2 Å². The number of halogens is 1. The molecule has 0 atom stereocenters. The van der Waals surface area contributed by atoms with Gasteiger partial charge in [-0.05, 0) is 24.3 Å². The molecular formula is C10H11ClO4. The Morgan fingerprint density at radius 1 is 1.27 bits per heavy atom. The summed E-state index contributed by atoms with van der Waals surface area (Å²) in [6, 6.07) is 6.33. The van der Waals surface area contributed by atoms with Crippen molar-refractivity contribution in [2.24, 2.45) is 0 Å². The first kappa shape index (κ1) is 13.4. The molecule has 1 N–H and O–H groups in total. The molecule has 0 radical (unpaired) electrons. The Labute approximate surface area is 93.3 Å². The van der Waals surface area contributed by atoms with Gasteiger partial charge in [-0.25, -0.2) is 0 Å². The molecule has 0 aliphatic rings. The normalized spacial score (nSPS) is 8.87. The predicted octanol–water partition coefficient (Wildman–Crippen LogP) is 1.77. The van der Waals surface area contributed by atoms with Crippen LogP contribution in [-0.2, 0) is 4.79 Å². The number of carboxylic acids is 1. The summed E-state index contributed by atoms with van der Waals surface area (Å²) in [6.07, 6.45) is -0.480. The number of carbonyl (C=O) groups is 2. The van der Waals surface area contributed by atoms with Crippen molar-refractivity contribution in [1.29, 1.82) is 0 Å². The Balaban J connectivity index is 0.00000196. The second kappa shape index (κ2) is 6.03. The van der Waals surface area contributed by atoms with E-state index in [1.54, 1.807) is 24.3 Å². The van der Waals surface area contributed by atoms with E-state index >= 15 is 0 Å². The van der Waals surface area contributed by atoms with E-state index in [9.17, 15) is 9.59 Å². The molecule has 4 nitrogen and oxygen atoms in total. The maximum atomic E-state index is 11.2. The molecule has 0 unspecified atom stereocenters. The molecule has 1 aromatic carbocycles. The van der Waals surface area contributed by atoms with Crippen molar-refractivity contribution in [2.45, 2.75) is 6.42 Å². The Morgan fingerprint density at radius 3 is 2.20 bits per heavy atom. The van der Waals surface area contributed by atoms with E-state index in [0.29, 0.717) is 11.3 Å². The molecule has 1 rings (SSSR count). The number of benzene rings is 1. The van der Waals surface area contributed by atoms with Crippen molar-refractivity contribution in [3.63, 3.8) is 0 Å². The first-order valence-corrected chi connectivity index (χ1v) is 4.02. The number of ether oxygens (including phenoxy) is 1. The number of carboxylic acid groups (broad SMARTS) is 1. The third kappa shape index (κ3) is 3.99. The monoisotopic (exact) mass is 230 g/mol. The van der Waals surface area contributed by atoms with Crippen LogP contribution in [0.1, 0.15) is 16.8 Å². The molecule has 15 heavy (non-hydrogen) atoms. The van der Waals surface area contributed by atoms with Crippen LogP contribution in [0, 0.1) is 0 Å². The molecule has 0 saturated heterocycles.